The van der Waals surface area contributed by atoms with Crippen LogP contribution in [0.1, 0.15) is 31.1 Å². The van der Waals surface area contributed by atoms with E-state index in [2.05, 4.69) is 16.0 Å². The molecule has 0 bridgehead atoms. The first kappa shape index (κ1) is 44.7. The minimum absolute atomic E-state index is 0.0565. The number of hydrogen-bond donors (Lipinski definition) is 3. The first-order chi connectivity index (χ1) is 26.2. The molecule has 0 saturated heterocycles. The van der Waals surface area contributed by atoms with Gasteiger partial charge < -0.3 is 16.0 Å². The molecule has 3 N–H and O–H groups in total. The second-order valence-corrected chi connectivity index (χ2v) is 12.6. The molecule has 0 fully saturated rings. The van der Waals surface area contributed by atoms with Gasteiger partial charge in [-0.25, -0.2) is 0 Å². The maximum Gasteiger partial charge on any atom is 0.277 e. The van der Waals surface area contributed by atoms with E-state index in [1.54, 1.807) is 12.5 Å². The molecule has 0 heterocycles. The van der Waals surface area contributed by atoms with Gasteiger partial charge in [0.05, 0.1) is 64.4 Å². The molecular formula is C29H30N10O16S. The molecule has 56 heavy (non-hydrogen) atoms. The summed E-state index contributed by atoms with van der Waals surface area (Å²) >= 11 is 0. The third-order valence-electron chi connectivity index (χ3n) is 6.90. The summed E-state index contributed by atoms with van der Waals surface area (Å²) in [6, 6.07) is 6.92. The van der Waals surface area contributed by atoms with Crippen molar-refractivity contribution in [2.75, 3.05) is 51.8 Å². The summed E-state index contributed by atoms with van der Waals surface area (Å²) in [5, 5.41) is 74.4. The lowest BCUT2D eigenvalue weighted by Crippen LogP contribution is -2.43. The van der Waals surface area contributed by atoms with Crippen LogP contribution in [-0.2, 0) is 10.8 Å². The zero-order chi connectivity index (χ0) is 42.3. The number of rotatable bonds is 18. The molecule has 0 radical (unpaired) electrons. The topological polar surface area (TPSA) is 366 Å². The zero-order valence-electron chi connectivity index (χ0n) is 29.0. The fraction of sp³-hybridized carbons (Fsp3) is 0.276. The Morgan fingerprint density at radius 1 is 0.464 bits per heavy atom. The summed E-state index contributed by atoms with van der Waals surface area (Å²) in [6.07, 6.45) is 3.28. The quantitative estimate of drug-likeness (QED) is 0.122. The van der Waals surface area contributed by atoms with Crippen LogP contribution >= 0.6 is 0 Å². The molecule has 0 spiro atoms. The first-order valence-corrected chi connectivity index (χ1v) is 17.3. The van der Waals surface area contributed by atoms with E-state index < -0.39 is 109 Å². The third kappa shape index (κ3) is 14.2. The number of hydrogen-bond acceptors (Lipinski definition) is 17. The van der Waals surface area contributed by atoms with Crippen LogP contribution in [0.3, 0.4) is 0 Å². The number of nitro groups is 6. The normalized spacial score (nSPS) is 10.4. The Balaban J connectivity index is 0.00000258. The van der Waals surface area contributed by atoms with Gasteiger partial charge >= 0.3 is 0 Å². The molecule has 0 aliphatic rings. The van der Waals surface area contributed by atoms with Gasteiger partial charge in [-0.3, -0.25) is 84.2 Å². The predicted octanol–water partition coefficient (Wildman–Crippen LogP) is 2.02. The summed E-state index contributed by atoms with van der Waals surface area (Å²) in [5.74, 6) is -2.77. The monoisotopic (exact) mass is 806 g/mol. The largest absolute Gasteiger partial charge is 0.351 e. The summed E-state index contributed by atoms with van der Waals surface area (Å²) in [4.78, 5) is 101. The molecule has 3 aromatic rings. The number of carbonyl (C=O) groups excluding carboxylic acids is 3. The third-order valence-corrected chi connectivity index (χ3v) is 6.90. The summed E-state index contributed by atoms with van der Waals surface area (Å²) in [6.45, 7) is -0.778. The smallest absolute Gasteiger partial charge is 0.277 e. The average Bonchev–Trinajstić information content (AvgIpc) is 3.13. The highest BCUT2D eigenvalue weighted by Crippen LogP contribution is 2.25. The van der Waals surface area contributed by atoms with Gasteiger partial charge in [0.15, 0.2) is 0 Å². The fourth-order valence-electron chi connectivity index (χ4n) is 4.44. The number of nitrogens with zero attached hydrogens (tertiary/aromatic N) is 7. The molecular weight excluding hydrogens is 776 g/mol. The van der Waals surface area contributed by atoms with E-state index in [1.165, 1.54) is 4.90 Å². The average molecular weight is 807 g/mol. The molecule has 27 heteroatoms. The van der Waals surface area contributed by atoms with E-state index >= 15 is 0 Å². The predicted molar refractivity (Wildman–Crippen MR) is 193 cm³/mol. The van der Waals surface area contributed by atoms with Crippen molar-refractivity contribution in [2.24, 2.45) is 0 Å². The second-order valence-electron chi connectivity index (χ2n) is 11.1. The number of amides is 3. The lowest BCUT2D eigenvalue weighted by Gasteiger charge is -2.23. The highest BCUT2D eigenvalue weighted by molar-refractivity contribution is 7.83. The van der Waals surface area contributed by atoms with E-state index in [0.29, 0.717) is 18.2 Å². The van der Waals surface area contributed by atoms with E-state index in [9.17, 15) is 79.3 Å². The SMILES string of the molecule is CS(C)=O.O=C(NCCN(CCNC(=O)c1cc([N+](=O)[O-])cc([N+](=O)[O-])c1)CCNC(=O)c1cc([N+](=O)[O-])cc([N+](=O)[O-])c1)c1cc([N+](=O)[O-])cc([N+](=O)[O-])c1. The van der Waals surface area contributed by atoms with Gasteiger partial charge in [-0.05, 0) is 0 Å². The van der Waals surface area contributed by atoms with Gasteiger partial charge in [0.2, 0.25) is 0 Å². The van der Waals surface area contributed by atoms with E-state index in [0.717, 1.165) is 36.4 Å². The highest BCUT2D eigenvalue weighted by atomic mass is 32.2. The first-order valence-electron chi connectivity index (χ1n) is 15.3. The zero-order valence-corrected chi connectivity index (χ0v) is 29.8. The number of carbonyl (C=O) groups is 3. The van der Waals surface area contributed by atoms with Crippen LogP contribution in [0.4, 0.5) is 34.1 Å². The van der Waals surface area contributed by atoms with Crippen LogP contribution in [0.25, 0.3) is 0 Å². The Kier molecular flexibility index (Phi) is 16.6. The van der Waals surface area contributed by atoms with Crippen molar-refractivity contribution >= 4 is 62.6 Å². The van der Waals surface area contributed by atoms with Crippen LogP contribution < -0.4 is 16.0 Å². The molecule has 0 aliphatic carbocycles. The van der Waals surface area contributed by atoms with Crippen molar-refractivity contribution in [1.82, 2.24) is 20.9 Å². The molecule has 0 atom stereocenters. The van der Waals surface area contributed by atoms with Crippen LogP contribution in [0.2, 0.25) is 0 Å². The van der Waals surface area contributed by atoms with Crippen molar-refractivity contribution in [3.05, 3.63) is 132 Å². The van der Waals surface area contributed by atoms with E-state index in [-0.39, 0.29) is 39.3 Å². The molecule has 3 aromatic carbocycles. The van der Waals surface area contributed by atoms with Crippen molar-refractivity contribution in [1.29, 1.82) is 0 Å². The second kappa shape index (κ2) is 20.7. The van der Waals surface area contributed by atoms with Crippen molar-refractivity contribution in [3.8, 4) is 0 Å². The number of nitro benzene ring substituents is 6. The molecule has 0 aliphatic heterocycles. The Morgan fingerprint density at radius 3 is 0.804 bits per heavy atom. The lowest BCUT2D eigenvalue weighted by molar-refractivity contribution is -0.394. The van der Waals surface area contributed by atoms with Crippen molar-refractivity contribution < 1.29 is 48.1 Å². The summed E-state index contributed by atoms with van der Waals surface area (Å²) in [5.41, 5.74) is -5.47. The van der Waals surface area contributed by atoms with Crippen LogP contribution in [-0.4, -0.2) is 108 Å². The maximum absolute atomic E-state index is 12.7. The number of benzene rings is 3. The molecule has 3 amide bonds. The number of nitrogens with one attached hydrogen (secondary N) is 3. The highest BCUT2D eigenvalue weighted by Gasteiger charge is 2.23. The van der Waals surface area contributed by atoms with Crippen molar-refractivity contribution in [3.63, 3.8) is 0 Å². The van der Waals surface area contributed by atoms with Gasteiger partial charge in [0.25, 0.3) is 51.8 Å². The molecule has 298 valence electrons. The van der Waals surface area contributed by atoms with Crippen LogP contribution in [0, 0.1) is 60.7 Å². The lowest BCUT2D eigenvalue weighted by atomic mass is 10.1. The fourth-order valence-corrected chi connectivity index (χ4v) is 4.44. The Labute approximate surface area is 315 Å². The molecule has 3 rings (SSSR count). The standard InChI is InChI=1S/C27H24N10O15.C2H6OS/c38-25(16-7-19(32(41)42)13-20(8-16)33(43)44)28-1-4-31(5-2-29-26(39)17-9-21(34(45)46)14-22(10-17)35(47)48)6-3-30-27(40)18-11-23(36(49)50)15-24(12-18)37(51)52;1-4(2)3/h7-15H,1-6H2,(H,28,38)(H,29,39)(H,30,40);1-2H3. The van der Waals surface area contributed by atoms with Crippen molar-refractivity contribution in [2.45, 2.75) is 0 Å². The van der Waals surface area contributed by atoms with E-state index in [1.807, 2.05) is 0 Å². The maximum atomic E-state index is 12.7. The Hall–Kier alpha value is -7.42. The number of non-ortho nitro benzene ring substituents is 6. The van der Waals surface area contributed by atoms with Gasteiger partial charge in [0, 0.05) is 99.0 Å². The minimum Gasteiger partial charge on any atom is -0.351 e. The molecule has 0 unspecified atom stereocenters. The molecule has 0 aromatic heterocycles. The summed E-state index contributed by atoms with van der Waals surface area (Å²) in [7, 11) is -0.611. The van der Waals surface area contributed by atoms with E-state index in [4.69, 9.17) is 0 Å². The van der Waals surface area contributed by atoms with Crippen LogP contribution in [0.15, 0.2) is 54.6 Å². The van der Waals surface area contributed by atoms with Gasteiger partial charge in [-0.1, -0.05) is 0 Å². The summed E-state index contributed by atoms with van der Waals surface area (Å²) < 4.78 is 9.56. The Morgan fingerprint density at radius 2 is 0.643 bits per heavy atom. The van der Waals surface area contributed by atoms with Gasteiger partial charge in [-0.15, -0.1) is 0 Å². The van der Waals surface area contributed by atoms with Gasteiger partial charge in [-0.2, -0.15) is 0 Å². The Bertz CT molecular complexity index is 1770. The van der Waals surface area contributed by atoms with Crippen LogP contribution in [0.5, 0.6) is 0 Å². The molecule has 0 saturated carbocycles. The van der Waals surface area contributed by atoms with Gasteiger partial charge in [0.1, 0.15) is 0 Å². The minimum atomic E-state index is -0.925. The molecule has 26 nitrogen and oxygen atoms in total.